The standard InChI is InChI=1S/C11H26N2O/c1-11(2,13(3)4)10-12-8-6-7-9-14-5/h12H,6-10H2,1-5H3. The number of methoxy groups -OCH3 is 1. The highest BCUT2D eigenvalue weighted by molar-refractivity contribution is 4.79. The van der Waals surface area contributed by atoms with Crippen LogP contribution in [0.25, 0.3) is 0 Å². The van der Waals surface area contributed by atoms with E-state index in [-0.39, 0.29) is 5.54 Å². The first kappa shape index (κ1) is 13.9. The zero-order valence-corrected chi connectivity index (χ0v) is 10.4. The topological polar surface area (TPSA) is 24.5 Å². The Bertz CT molecular complexity index is 135. The third kappa shape index (κ3) is 6.35. The van der Waals surface area contributed by atoms with Crippen LogP contribution in [0.1, 0.15) is 26.7 Å². The molecule has 3 nitrogen and oxygen atoms in total. The highest BCUT2D eigenvalue weighted by atomic mass is 16.5. The van der Waals surface area contributed by atoms with Crippen LogP contribution in [0.4, 0.5) is 0 Å². The molecule has 0 aliphatic heterocycles. The highest BCUT2D eigenvalue weighted by Crippen LogP contribution is 2.07. The lowest BCUT2D eigenvalue weighted by atomic mass is 10.0. The first-order chi connectivity index (χ1) is 6.50. The number of likely N-dealkylation sites (N-methyl/N-ethyl adjacent to an activating group) is 1. The molecule has 0 fully saturated rings. The summed E-state index contributed by atoms with van der Waals surface area (Å²) in [5, 5.41) is 3.47. The van der Waals surface area contributed by atoms with Gasteiger partial charge in [-0.3, -0.25) is 0 Å². The molecule has 0 rings (SSSR count). The van der Waals surface area contributed by atoms with Gasteiger partial charge in [-0.25, -0.2) is 0 Å². The average Bonchev–Trinajstić information content (AvgIpc) is 2.10. The molecule has 0 aliphatic carbocycles. The number of rotatable bonds is 8. The lowest BCUT2D eigenvalue weighted by molar-refractivity contribution is 0.183. The third-order valence-electron chi connectivity index (χ3n) is 2.72. The van der Waals surface area contributed by atoms with Crippen molar-refractivity contribution < 1.29 is 4.74 Å². The Morgan fingerprint density at radius 3 is 2.36 bits per heavy atom. The van der Waals surface area contributed by atoms with Crippen molar-refractivity contribution in [3.63, 3.8) is 0 Å². The molecule has 14 heavy (non-hydrogen) atoms. The summed E-state index contributed by atoms with van der Waals surface area (Å²) in [6.45, 7) is 7.48. The van der Waals surface area contributed by atoms with Crippen LogP contribution >= 0.6 is 0 Å². The Morgan fingerprint density at radius 2 is 1.86 bits per heavy atom. The van der Waals surface area contributed by atoms with Gasteiger partial charge >= 0.3 is 0 Å². The molecule has 3 heteroatoms. The summed E-state index contributed by atoms with van der Waals surface area (Å²) in [6, 6.07) is 0. The summed E-state index contributed by atoms with van der Waals surface area (Å²) in [5.41, 5.74) is 0.237. The first-order valence-corrected chi connectivity index (χ1v) is 5.38. The van der Waals surface area contributed by atoms with Crippen LogP contribution in [0.2, 0.25) is 0 Å². The normalized spacial score (nSPS) is 12.4. The van der Waals surface area contributed by atoms with Gasteiger partial charge < -0.3 is 15.0 Å². The van der Waals surface area contributed by atoms with Gasteiger partial charge in [0.2, 0.25) is 0 Å². The van der Waals surface area contributed by atoms with Crippen molar-refractivity contribution in [2.75, 3.05) is 40.9 Å². The van der Waals surface area contributed by atoms with Gasteiger partial charge in [0.15, 0.2) is 0 Å². The number of hydrogen-bond acceptors (Lipinski definition) is 3. The second-order valence-corrected chi connectivity index (χ2v) is 4.58. The highest BCUT2D eigenvalue weighted by Gasteiger charge is 2.18. The summed E-state index contributed by atoms with van der Waals surface area (Å²) < 4.78 is 4.99. The van der Waals surface area contributed by atoms with E-state index in [0.717, 1.165) is 26.1 Å². The molecule has 86 valence electrons. The zero-order valence-electron chi connectivity index (χ0n) is 10.4. The van der Waals surface area contributed by atoms with Crippen molar-refractivity contribution in [3.05, 3.63) is 0 Å². The van der Waals surface area contributed by atoms with Crippen molar-refractivity contribution in [1.82, 2.24) is 10.2 Å². The van der Waals surface area contributed by atoms with Gasteiger partial charge in [-0.2, -0.15) is 0 Å². The van der Waals surface area contributed by atoms with Crippen LogP contribution in [0.5, 0.6) is 0 Å². The minimum atomic E-state index is 0.237. The Hall–Kier alpha value is -0.120. The van der Waals surface area contributed by atoms with E-state index in [1.807, 2.05) is 0 Å². The van der Waals surface area contributed by atoms with E-state index in [1.165, 1.54) is 6.42 Å². The summed E-state index contributed by atoms with van der Waals surface area (Å²) in [4.78, 5) is 2.25. The first-order valence-electron chi connectivity index (χ1n) is 5.38. The molecule has 0 aromatic rings. The molecule has 0 saturated carbocycles. The molecule has 0 bridgehead atoms. The molecule has 0 unspecified atom stereocenters. The summed E-state index contributed by atoms with van der Waals surface area (Å²) in [7, 11) is 5.99. The monoisotopic (exact) mass is 202 g/mol. The fourth-order valence-electron chi connectivity index (χ4n) is 1.05. The fraction of sp³-hybridized carbons (Fsp3) is 1.00. The second-order valence-electron chi connectivity index (χ2n) is 4.58. The third-order valence-corrected chi connectivity index (χ3v) is 2.72. The quantitative estimate of drug-likeness (QED) is 0.601. The van der Waals surface area contributed by atoms with Gasteiger partial charge in [-0.05, 0) is 47.3 Å². The van der Waals surface area contributed by atoms with Crippen LogP contribution in [0, 0.1) is 0 Å². The summed E-state index contributed by atoms with van der Waals surface area (Å²) in [5.74, 6) is 0. The van der Waals surface area contributed by atoms with Crippen molar-refractivity contribution in [1.29, 1.82) is 0 Å². The number of hydrogen-bond donors (Lipinski definition) is 1. The maximum absolute atomic E-state index is 4.99. The number of unbranched alkanes of at least 4 members (excludes halogenated alkanes) is 1. The van der Waals surface area contributed by atoms with E-state index in [1.54, 1.807) is 7.11 Å². The minimum absolute atomic E-state index is 0.237. The molecule has 0 saturated heterocycles. The largest absolute Gasteiger partial charge is 0.385 e. The fourth-order valence-corrected chi connectivity index (χ4v) is 1.05. The molecule has 0 aromatic carbocycles. The van der Waals surface area contributed by atoms with Gasteiger partial charge in [0.25, 0.3) is 0 Å². The predicted octanol–water partition coefficient (Wildman–Crippen LogP) is 1.34. The van der Waals surface area contributed by atoms with Gasteiger partial charge in [0, 0.05) is 25.8 Å². The van der Waals surface area contributed by atoms with Crippen molar-refractivity contribution in [2.24, 2.45) is 0 Å². The summed E-state index contributed by atoms with van der Waals surface area (Å²) in [6.07, 6.45) is 2.34. The summed E-state index contributed by atoms with van der Waals surface area (Å²) >= 11 is 0. The molecule has 0 aromatic heterocycles. The maximum atomic E-state index is 4.99. The number of nitrogens with zero attached hydrogens (tertiary/aromatic N) is 1. The van der Waals surface area contributed by atoms with Crippen LogP contribution in [0.15, 0.2) is 0 Å². The molecule has 0 spiro atoms. The van der Waals surface area contributed by atoms with E-state index < -0.39 is 0 Å². The van der Waals surface area contributed by atoms with E-state index in [2.05, 4.69) is 38.2 Å². The van der Waals surface area contributed by atoms with E-state index >= 15 is 0 Å². The van der Waals surface area contributed by atoms with Crippen LogP contribution in [-0.2, 0) is 4.74 Å². The molecular formula is C11H26N2O. The smallest absolute Gasteiger partial charge is 0.0462 e. The Labute approximate surface area is 88.8 Å². The average molecular weight is 202 g/mol. The zero-order chi connectivity index (χ0) is 11.0. The van der Waals surface area contributed by atoms with Crippen LogP contribution in [-0.4, -0.2) is 51.3 Å². The molecule has 0 amide bonds. The SMILES string of the molecule is COCCCCNCC(C)(C)N(C)C. The molecule has 0 heterocycles. The maximum Gasteiger partial charge on any atom is 0.0462 e. The molecule has 1 N–H and O–H groups in total. The van der Waals surface area contributed by atoms with Gasteiger partial charge in [0.1, 0.15) is 0 Å². The lowest BCUT2D eigenvalue weighted by Crippen LogP contribution is -2.46. The number of nitrogens with one attached hydrogen (secondary N) is 1. The Morgan fingerprint density at radius 1 is 1.21 bits per heavy atom. The number of ether oxygens (including phenoxy) is 1. The second kappa shape index (κ2) is 7.21. The Balaban J connectivity index is 3.35. The van der Waals surface area contributed by atoms with Gasteiger partial charge in [-0.15, -0.1) is 0 Å². The van der Waals surface area contributed by atoms with E-state index in [9.17, 15) is 0 Å². The van der Waals surface area contributed by atoms with Gasteiger partial charge in [0.05, 0.1) is 0 Å². The van der Waals surface area contributed by atoms with E-state index in [0.29, 0.717) is 0 Å². The Kier molecular flexibility index (Phi) is 7.15. The van der Waals surface area contributed by atoms with Crippen LogP contribution in [0.3, 0.4) is 0 Å². The van der Waals surface area contributed by atoms with Gasteiger partial charge in [-0.1, -0.05) is 0 Å². The molecule has 0 radical (unpaired) electrons. The van der Waals surface area contributed by atoms with Crippen molar-refractivity contribution in [3.8, 4) is 0 Å². The van der Waals surface area contributed by atoms with Crippen molar-refractivity contribution in [2.45, 2.75) is 32.2 Å². The molecule has 0 aliphatic rings. The van der Waals surface area contributed by atoms with Crippen LogP contribution < -0.4 is 5.32 Å². The lowest BCUT2D eigenvalue weighted by Gasteiger charge is -2.32. The van der Waals surface area contributed by atoms with E-state index in [4.69, 9.17) is 4.74 Å². The molecular weight excluding hydrogens is 176 g/mol. The predicted molar refractivity (Wildman–Crippen MR) is 61.7 cm³/mol. The molecule has 0 atom stereocenters. The van der Waals surface area contributed by atoms with Crippen molar-refractivity contribution >= 4 is 0 Å². The minimum Gasteiger partial charge on any atom is -0.385 e.